The van der Waals surface area contributed by atoms with E-state index >= 15 is 0 Å². The second kappa shape index (κ2) is 38.1. The fourth-order valence-electron chi connectivity index (χ4n) is 7.11. The molecule has 0 spiro atoms. The van der Waals surface area contributed by atoms with E-state index in [0.29, 0.717) is 19.3 Å². The van der Waals surface area contributed by atoms with Crippen LogP contribution in [0.2, 0.25) is 0 Å². The zero-order valence-electron chi connectivity index (χ0n) is 36.7. The van der Waals surface area contributed by atoms with Crippen LogP contribution in [-0.2, 0) is 14.3 Å². The lowest BCUT2D eigenvalue weighted by Crippen LogP contribution is -2.60. The summed E-state index contributed by atoms with van der Waals surface area (Å²) in [5, 5.41) is 64.6. The van der Waals surface area contributed by atoms with Crippen molar-refractivity contribution in [3.05, 3.63) is 48.6 Å². The SMILES string of the molecule is CCCCCCCC=CC=CCCC=CC(O)C(COC1O[C@H](CO)[C@@H](O)[C@H](O)[C@H]1O)NC(=O)C(O)CCCCCCCCCCCC=CCCCCCCCCC. The largest absolute Gasteiger partial charge is 0.394 e. The number of aliphatic hydroxyl groups is 6. The average Bonchev–Trinajstić information content (AvgIpc) is 3.22. The Labute approximate surface area is 353 Å². The van der Waals surface area contributed by atoms with Gasteiger partial charge in [0.25, 0.3) is 0 Å². The molecule has 0 radical (unpaired) electrons. The third-order valence-electron chi connectivity index (χ3n) is 11.0. The molecule has 0 aliphatic carbocycles. The molecule has 0 saturated carbocycles. The quantitative estimate of drug-likeness (QED) is 0.0183. The topological polar surface area (TPSA) is 169 Å². The molecule has 0 bridgehead atoms. The number of amides is 1. The fraction of sp³-hybridized carbons (Fsp3) is 0.812. The molecule has 0 aromatic rings. The maximum absolute atomic E-state index is 13.0. The van der Waals surface area contributed by atoms with Crippen LogP contribution in [0.3, 0.4) is 0 Å². The van der Waals surface area contributed by atoms with Gasteiger partial charge in [0.05, 0.1) is 25.4 Å². The molecule has 1 aliphatic rings. The molecule has 4 unspecified atom stereocenters. The molecule has 1 aliphatic heterocycles. The summed E-state index contributed by atoms with van der Waals surface area (Å²) >= 11 is 0. The van der Waals surface area contributed by atoms with Gasteiger partial charge in [-0.15, -0.1) is 0 Å². The number of unbranched alkanes of at least 4 members (excludes halogenated alkanes) is 22. The maximum Gasteiger partial charge on any atom is 0.249 e. The minimum atomic E-state index is -1.62. The first-order valence-corrected chi connectivity index (χ1v) is 23.5. The third kappa shape index (κ3) is 27.8. The average molecular weight is 822 g/mol. The highest BCUT2D eigenvalue weighted by Gasteiger charge is 2.44. The molecule has 1 amide bonds. The molecule has 10 nitrogen and oxygen atoms in total. The molecule has 8 atom stereocenters. The Morgan fingerprint density at radius 2 is 1.07 bits per heavy atom. The molecular formula is C48H87NO9. The van der Waals surface area contributed by atoms with Crippen molar-refractivity contribution < 1.29 is 44.9 Å². The third-order valence-corrected chi connectivity index (χ3v) is 11.0. The fourth-order valence-corrected chi connectivity index (χ4v) is 7.11. The first-order valence-electron chi connectivity index (χ1n) is 23.5. The number of allylic oxidation sites excluding steroid dienone is 7. The number of aliphatic hydroxyl groups excluding tert-OH is 6. The van der Waals surface area contributed by atoms with E-state index in [1.165, 1.54) is 122 Å². The highest BCUT2D eigenvalue weighted by molar-refractivity contribution is 5.80. The van der Waals surface area contributed by atoms with Crippen molar-refractivity contribution in [1.29, 1.82) is 0 Å². The van der Waals surface area contributed by atoms with Gasteiger partial charge in [-0.25, -0.2) is 0 Å². The Kier molecular flexibility index (Phi) is 35.5. The van der Waals surface area contributed by atoms with Crippen molar-refractivity contribution >= 4 is 5.91 Å². The molecule has 10 heteroatoms. The van der Waals surface area contributed by atoms with E-state index in [-0.39, 0.29) is 6.61 Å². The van der Waals surface area contributed by atoms with Gasteiger partial charge in [0.2, 0.25) is 5.91 Å². The van der Waals surface area contributed by atoms with Crippen molar-refractivity contribution in [2.24, 2.45) is 0 Å². The minimum absolute atomic E-state index is 0.296. The van der Waals surface area contributed by atoms with Gasteiger partial charge in [-0.05, 0) is 57.8 Å². The van der Waals surface area contributed by atoms with Crippen molar-refractivity contribution in [3.63, 3.8) is 0 Å². The monoisotopic (exact) mass is 822 g/mol. The lowest BCUT2D eigenvalue weighted by atomic mass is 9.99. The van der Waals surface area contributed by atoms with Crippen LogP contribution in [0, 0.1) is 0 Å². The van der Waals surface area contributed by atoms with Gasteiger partial charge in [-0.3, -0.25) is 4.79 Å². The van der Waals surface area contributed by atoms with Crippen molar-refractivity contribution in [2.45, 2.75) is 236 Å². The Morgan fingerprint density at radius 1 is 0.603 bits per heavy atom. The van der Waals surface area contributed by atoms with Gasteiger partial charge in [0.15, 0.2) is 6.29 Å². The van der Waals surface area contributed by atoms with Crippen molar-refractivity contribution in [3.8, 4) is 0 Å². The van der Waals surface area contributed by atoms with E-state index in [2.05, 4.69) is 49.5 Å². The van der Waals surface area contributed by atoms with E-state index in [1.54, 1.807) is 6.08 Å². The summed E-state index contributed by atoms with van der Waals surface area (Å²) in [5.41, 5.74) is 0. The van der Waals surface area contributed by atoms with Crippen LogP contribution in [0.5, 0.6) is 0 Å². The molecule has 0 aromatic heterocycles. The van der Waals surface area contributed by atoms with Gasteiger partial charge >= 0.3 is 0 Å². The van der Waals surface area contributed by atoms with E-state index in [0.717, 1.165) is 32.1 Å². The zero-order valence-corrected chi connectivity index (χ0v) is 36.7. The van der Waals surface area contributed by atoms with Crippen molar-refractivity contribution in [2.75, 3.05) is 13.2 Å². The highest BCUT2D eigenvalue weighted by Crippen LogP contribution is 2.22. The number of hydrogen-bond acceptors (Lipinski definition) is 9. The molecular weight excluding hydrogens is 735 g/mol. The number of hydrogen-bond donors (Lipinski definition) is 7. The summed E-state index contributed by atoms with van der Waals surface area (Å²) in [6.07, 6.45) is 37.7. The Bertz CT molecular complexity index is 1060. The summed E-state index contributed by atoms with van der Waals surface area (Å²) in [5.74, 6) is -0.636. The highest BCUT2D eigenvalue weighted by atomic mass is 16.7. The molecule has 0 aromatic carbocycles. The Morgan fingerprint density at radius 3 is 1.60 bits per heavy atom. The van der Waals surface area contributed by atoms with Crippen LogP contribution >= 0.6 is 0 Å². The van der Waals surface area contributed by atoms with Crippen LogP contribution in [0.15, 0.2) is 48.6 Å². The molecule has 1 heterocycles. The lowest BCUT2D eigenvalue weighted by molar-refractivity contribution is -0.302. The normalized spacial score (nSPS) is 21.8. The summed E-state index contributed by atoms with van der Waals surface area (Å²) < 4.78 is 11.1. The Balaban J connectivity index is 2.40. The van der Waals surface area contributed by atoms with Crippen LogP contribution in [0.1, 0.15) is 187 Å². The molecule has 58 heavy (non-hydrogen) atoms. The first-order chi connectivity index (χ1) is 28.3. The van der Waals surface area contributed by atoms with Gasteiger partial charge in [0.1, 0.15) is 30.5 Å². The maximum atomic E-state index is 13.0. The zero-order chi connectivity index (χ0) is 42.5. The number of nitrogens with one attached hydrogen (secondary N) is 1. The Hall–Kier alpha value is -1.89. The van der Waals surface area contributed by atoms with Gasteiger partial charge in [-0.1, -0.05) is 178 Å². The lowest BCUT2D eigenvalue weighted by Gasteiger charge is -2.40. The predicted molar refractivity (Wildman–Crippen MR) is 236 cm³/mol. The van der Waals surface area contributed by atoms with E-state index in [1.807, 2.05) is 12.2 Å². The first kappa shape index (κ1) is 54.1. The molecule has 1 saturated heterocycles. The van der Waals surface area contributed by atoms with Crippen molar-refractivity contribution in [1.82, 2.24) is 5.32 Å². The summed E-state index contributed by atoms with van der Waals surface area (Å²) in [6.45, 7) is 3.54. The number of carbonyl (C=O) groups excluding carboxylic acids is 1. The standard InChI is InChI=1S/C48H87NO9/c1-3-5-7-9-11-13-15-17-18-19-20-21-22-23-25-27-29-31-33-35-37-42(52)47(56)49-40(39-57-48-46(55)45(54)44(53)43(38-50)58-48)41(51)36-34-32-30-28-26-24-16-14-12-10-8-6-4-2/h16,18-19,24,26,28,34,36,40-46,48,50-55H,3-15,17,20-23,25,27,29-33,35,37-39H2,1-2H3,(H,49,56)/t40?,41?,42?,43-,44-,45+,46-,48?/m1/s1. The second-order valence-electron chi connectivity index (χ2n) is 16.4. The van der Waals surface area contributed by atoms with E-state index < -0.39 is 61.5 Å². The number of rotatable bonds is 38. The number of ether oxygens (including phenoxy) is 2. The van der Waals surface area contributed by atoms with E-state index in [4.69, 9.17) is 9.47 Å². The summed E-state index contributed by atoms with van der Waals surface area (Å²) in [7, 11) is 0. The van der Waals surface area contributed by atoms with Crippen LogP contribution in [0.25, 0.3) is 0 Å². The second-order valence-corrected chi connectivity index (χ2v) is 16.4. The van der Waals surface area contributed by atoms with Crippen LogP contribution < -0.4 is 5.32 Å². The molecule has 1 fully saturated rings. The van der Waals surface area contributed by atoms with Gasteiger partial charge in [-0.2, -0.15) is 0 Å². The molecule has 1 rings (SSSR count). The summed E-state index contributed by atoms with van der Waals surface area (Å²) in [4.78, 5) is 13.0. The predicted octanol–water partition coefficient (Wildman–Crippen LogP) is 8.81. The minimum Gasteiger partial charge on any atom is -0.394 e. The summed E-state index contributed by atoms with van der Waals surface area (Å²) in [6, 6.07) is -1.01. The number of carbonyl (C=O) groups is 1. The smallest absolute Gasteiger partial charge is 0.249 e. The molecule has 7 N–H and O–H groups in total. The van der Waals surface area contributed by atoms with Gasteiger partial charge in [0, 0.05) is 0 Å². The van der Waals surface area contributed by atoms with E-state index in [9.17, 15) is 35.4 Å². The van der Waals surface area contributed by atoms with Gasteiger partial charge < -0.3 is 45.4 Å². The van der Waals surface area contributed by atoms with Crippen LogP contribution in [0.4, 0.5) is 0 Å². The molecule has 338 valence electrons. The van der Waals surface area contributed by atoms with Crippen LogP contribution in [-0.4, -0.2) is 98.7 Å².